The summed E-state index contributed by atoms with van der Waals surface area (Å²) in [6.45, 7) is 2.52. The monoisotopic (exact) mass is 293 g/mol. The van der Waals surface area contributed by atoms with E-state index in [1.807, 2.05) is 31.2 Å². The predicted octanol–water partition coefficient (Wildman–Crippen LogP) is 4.34. The quantitative estimate of drug-likeness (QED) is 0.885. The summed E-state index contributed by atoms with van der Waals surface area (Å²) in [5, 5.41) is 3.97. The van der Waals surface area contributed by atoms with Gasteiger partial charge in [-0.3, -0.25) is 0 Å². The van der Waals surface area contributed by atoms with Crippen LogP contribution in [0.4, 0.5) is 4.39 Å². The average molecular weight is 294 g/mol. The molecule has 0 amide bonds. The molecule has 0 heterocycles. The van der Waals surface area contributed by atoms with Gasteiger partial charge in [0.1, 0.15) is 11.6 Å². The number of hydrogen-bond acceptors (Lipinski definition) is 2. The van der Waals surface area contributed by atoms with Gasteiger partial charge in [0.25, 0.3) is 0 Å². The molecule has 0 saturated carbocycles. The van der Waals surface area contributed by atoms with E-state index in [1.165, 1.54) is 6.07 Å². The number of benzene rings is 2. The van der Waals surface area contributed by atoms with Crippen molar-refractivity contribution in [2.75, 3.05) is 7.11 Å². The van der Waals surface area contributed by atoms with E-state index < -0.39 is 0 Å². The lowest BCUT2D eigenvalue weighted by Crippen LogP contribution is -2.19. The lowest BCUT2D eigenvalue weighted by Gasteiger charge is -2.18. The standard InChI is InChI=1S/C16H17ClFNO/c1-11(16-14(18)7-4-8-15(16)20-2)19-10-12-5-3-6-13(17)9-12/h3-9,11,19H,10H2,1-2H3. The highest BCUT2D eigenvalue weighted by atomic mass is 35.5. The smallest absolute Gasteiger partial charge is 0.131 e. The second kappa shape index (κ2) is 6.73. The molecule has 0 fully saturated rings. The van der Waals surface area contributed by atoms with Crippen LogP contribution in [0.15, 0.2) is 42.5 Å². The highest BCUT2D eigenvalue weighted by Crippen LogP contribution is 2.27. The second-order valence-electron chi connectivity index (χ2n) is 4.59. The van der Waals surface area contributed by atoms with E-state index >= 15 is 0 Å². The molecule has 1 atom stereocenters. The number of rotatable bonds is 5. The lowest BCUT2D eigenvalue weighted by molar-refractivity contribution is 0.393. The molecule has 0 saturated heterocycles. The van der Waals surface area contributed by atoms with Gasteiger partial charge in [-0.05, 0) is 36.8 Å². The number of methoxy groups -OCH3 is 1. The van der Waals surface area contributed by atoms with Crippen molar-refractivity contribution >= 4 is 11.6 Å². The van der Waals surface area contributed by atoms with E-state index in [1.54, 1.807) is 19.2 Å². The molecule has 106 valence electrons. The van der Waals surface area contributed by atoms with Crippen molar-refractivity contribution in [1.82, 2.24) is 5.32 Å². The summed E-state index contributed by atoms with van der Waals surface area (Å²) >= 11 is 5.94. The van der Waals surface area contributed by atoms with Crippen LogP contribution in [-0.4, -0.2) is 7.11 Å². The fraction of sp³-hybridized carbons (Fsp3) is 0.250. The minimum Gasteiger partial charge on any atom is -0.496 e. The molecule has 0 aliphatic carbocycles. The van der Waals surface area contributed by atoms with Gasteiger partial charge in [-0.2, -0.15) is 0 Å². The third kappa shape index (κ3) is 3.50. The Morgan fingerprint density at radius 1 is 1.25 bits per heavy atom. The van der Waals surface area contributed by atoms with Crippen molar-refractivity contribution in [3.63, 3.8) is 0 Å². The molecule has 0 aliphatic heterocycles. The Kier molecular flexibility index (Phi) is 4.99. The Morgan fingerprint density at radius 2 is 2.00 bits per heavy atom. The molecule has 0 radical (unpaired) electrons. The summed E-state index contributed by atoms with van der Waals surface area (Å²) in [6, 6.07) is 12.3. The minimum atomic E-state index is -0.268. The maximum atomic E-state index is 13.9. The van der Waals surface area contributed by atoms with Gasteiger partial charge in [0.15, 0.2) is 0 Å². The van der Waals surface area contributed by atoms with Crippen LogP contribution in [0.3, 0.4) is 0 Å². The van der Waals surface area contributed by atoms with Crippen LogP contribution in [-0.2, 0) is 6.54 Å². The van der Waals surface area contributed by atoms with Gasteiger partial charge in [-0.15, -0.1) is 0 Å². The van der Waals surface area contributed by atoms with Gasteiger partial charge in [0.05, 0.1) is 7.11 Å². The van der Waals surface area contributed by atoms with Crippen molar-refractivity contribution in [3.05, 3.63) is 64.4 Å². The summed E-state index contributed by atoms with van der Waals surface area (Å²) in [5.74, 6) is 0.284. The van der Waals surface area contributed by atoms with Crippen LogP contribution in [0, 0.1) is 5.82 Å². The molecule has 20 heavy (non-hydrogen) atoms. The molecular formula is C16H17ClFNO. The van der Waals surface area contributed by atoms with E-state index in [2.05, 4.69) is 5.32 Å². The first-order valence-electron chi connectivity index (χ1n) is 6.42. The van der Waals surface area contributed by atoms with Gasteiger partial charge in [0.2, 0.25) is 0 Å². The molecule has 2 aromatic carbocycles. The molecule has 4 heteroatoms. The van der Waals surface area contributed by atoms with E-state index in [4.69, 9.17) is 16.3 Å². The SMILES string of the molecule is COc1cccc(F)c1C(C)NCc1cccc(Cl)c1. The topological polar surface area (TPSA) is 21.3 Å². The maximum absolute atomic E-state index is 13.9. The van der Waals surface area contributed by atoms with Crippen LogP contribution < -0.4 is 10.1 Å². The normalized spacial score (nSPS) is 12.2. The third-order valence-electron chi connectivity index (χ3n) is 3.17. The van der Waals surface area contributed by atoms with Crippen LogP contribution in [0.5, 0.6) is 5.75 Å². The fourth-order valence-corrected chi connectivity index (χ4v) is 2.35. The number of nitrogens with one attached hydrogen (secondary N) is 1. The largest absolute Gasteiger partial charge is 0.496 e. The van der Waals surface area contributed by atoms with Gasteiger partial charge >= 0.3 is 0 Å². The van der Waals surface area contributed by atoms with Crippen LogP contribution in [0.1, 0.15) is 24.1 Å². The molecule has 1 unspecified atom stereocenters. The molecule has 2 aromatic rings. The average Bonchev–Trinajstić information content (AvgIpc) is 2.44. The summed E-state index contributed by atoms with van der Waals surface area (Å²) in [7, 11) is 1.54. The maximum Gasteiger partial charge on any atom is 0.131 e. The van der Waals surface area contributed by atoms with Crippen LogP contribution >= 0.6 is 11.6 Å². The number of hydrogen-bond donors (Lipinski definition) is 1. The molecular weight excluding hydrogens is 277 g/mol. The predicted molar refractivity (Wildman–Crippen MR) is 79.7 cm³/mol. The molecule has 2 nitrogen and oxygen atoms in total. The first-order valence-corrected chi connectivity index (χ1v) is 6.80. The van der Waals surface area contributed by atoms with Gasteiger partial charge in [-0.1, -0.05) is 29.8 Å². The van der Waals surface area contributed by atoms with E-state index in [0.29, 0.717) is 22.9 Å². The van der Waals surface area contributed by atoms with E-state index in [9.17, 15) is 4.39 Å². The number of ether oxygens (including phenoxy) is 1. The Morgan fingerprint density at radius 3 is 2.70 bits per heavy atom. The minimum absolute atomic E-state index is 0.162. The van der Waals surface area contributed by atoms with Gasteiger partial charge < -0.3 is 10.1 Å². The lowest BCUT2D eigenvalue weighted by atomic mass is 10.1. The van der Waals surface area contributed by atoms with Crippen molar-refractivity contribution in [2.24, 2.45) is 0 Å². The zero-order chi connectivity index (χ0) is 14.5. The highest BCUT2D eigenvalue weighted by Gasteiger charge is 2.15. The van der Waals surface area contributed by atoms with E-state index in [0.717, 1.165) is 5.56 Å². The molecule has 0 aromatic heterocycles. The molecule has 0 bridgehead atoms. The zero-order valence-electron chi connectivity index (χ0n) is 11.5. The van der Waals surface area contributed by atoms with Crippen LogP contribution in [0.2, 0.25) is 5.02 Å². The first kappa shape index (κ1) is 14.8. The Hall–Kier alpha value is -1.58. The second-order valence-corrected chi connectivity index (χ2v) is 5.02. The van der Waals surface area contributed by atoms with Gasteiger partial charge in [0, 0.05) is 23.2 Å². The number of halogens is 2. The Bertz CT molecular complexity index is 588. The molecule has 1 N–H and O–H groups in total. The molecule has 0 spiro atoms. The van der Waals surface area contributed by atoms with Gasteiger partial charge in [-0.25, -0.2) is 4.39 Å². The third-order valence-corrected chi connectivity index (χ3v) is 3.40. The Balaban J connectivity index is 2.11. The van der Waals surface area contributed by atoms with Crippen molar-refractivity contribution in [1.29, 1.82) is 0 Å². The molecule has 0 aliphatic rings. The summed E-state index contributed by atoms with van der Waals surface area (Å²) in [4.78, 5) is 0. The summed E-state index contributed by atoms with van der Waals surface area (Å²) in [5.41, 5.74) is 1.59. The zero-order valence-corrected chi connectivity index (χ0v) is 12.2. The van der Waals surface area contributed by atoms with Crippen LogP contribution in [0.25, 0.3) is 0 Å². The highest BCUT2D eigenvalue weighted by molar-refractivity contribution is 6.30. The van der Waals surface area contributed by atoms with E-state index in [-0.39, 0.29) is 11.9 Å². The Labute approximate surface area is 123 Å². The van der Waals surface area contributed by atoms with Crippen molar-refractivity contribution < 1.29 is 9.13 Å². The fourth-order valence-electron chi connectivity index (χ4n) is 2.14. The molecule has 2 rings (SSSR count). The summed E-state index contributed by atoms with van der Waals surface area (Å²) < 4.78 is 19.2. The summed E-state index contributed by atoms with van der Waals surface area (Å²) in [6.07, 6.45) is 0. The van der Waals surface area contributed by atoms with Crippen molar-refractivity contribution in [2.45, 2.75) is 19.5 Å². The first-order chi connectivity index (χ1) is 9.61. The van der Waals surface area contributed by atoms with Crippen molar-refractivity contribution in [3.8, 4) is 5.75 Å².